The number of aromatic amines is 1. The Morgan fingerprint density at radius 3 is 2.47 bits per heavy atom. The van der Waals surface area contributed by atoms with Gasteiger partial charge in [0.25, 0.3) is 5.91 Å². The van der Waals surface area contributed by atoms with E-state index in [0.29, 0.717) is 31.7 Å². The van der Waals surface area contributed by atoms with Crippen molar-refractivity contribution in [2.24, 2.45) is 0 Å². The first-order valence-electron chi connectivity index (χ1n) is 5.21. The zero-order valence-corrected chi connectivity index (χ0v) is 10.3. The van der Waals surface area contributed by atoms with Crippen LogP contribution in [-0.2, 0) is 10.0 Å². The van der Waals surface area contributed by atoms with Gasteiger partial charge in [0.2, 0.25) is 10.0 Å². The second-order valence-electron chi connectivity index (χ2n) is 3.94. The number of carbonyl (C=O) groups excluding carboxylic acids is 1. The molecule has 0 saturated carbocycles. The summed E-state index contributed by atoms with van der Waals surface area (Å²) >= 11 is 0. The molecule has 0 spiro atoms. The summed E-state index contributed by atoms with van der Waals surface area (Å²) in [4.78, 5) is 13.5. The van der Waals surface area contributed by atoms with Crippen LogP contribution in [0.5, 0.6) is 0 Å². The zero-order valence-electron chi connectivity index (χ0n) is 9.46. The number of nitrogens with one attached hydrogen (secondary N) is 1. The fourth-order valence-electron chi connectivity index (χ4n) is 1.77. The number of rotatable bonds is 2. The molecule has 17 heavy (non-hydrogen) atoms. The van der Waals surface area contributed by atoms with E-state index in [9.17, 15) is 13.2 Å². The number of sulfonamides is 1. The lowest BCUT2D eigenvalue weighted by molar-refractivity contribution is 0.0698. The molecule has 1 amide bonds. The van der Waals surface area contributed by atoms with Crippen molar-refractivity contribution >= 4 is 15.9 Å². The van der Waals surface area contributed by atoms with Gasteiger partial charge in [-0.05, 0) is 0 Å². The molecule has 7 nitrogen and oxygen atoms in total. The highest BCUT2D eigenvalue weighted by Crippen LogP contribution is 2.09. The quantitative estimate of drug-likeness (QED) is 0.747. The maximum atomic E-state index is 11.9. The van der Waals surface area contributed by atoms with E-state index in [-0.39, 0.29) is 5.91 Å². The molecule has 0 aromatic carbocycles. The Balaban J connectivity index is 1.98. The van der Waals surface area contributed by atoms with Crippen molar-refractivity contribution in [2.45, 2.75) is 0 Å². The van der Waals surface area contributed by atoms with E-state index in [0.717, 1.165) is 0 Å². The van der Waals surface area contributed by atoms with E-state index in [1.165, 1.54) is 23.0 Å². The van der Waals surface area contributed by atoms with Crippen LogP contribution in [0.25, 0.3) is 0 Å². The third-order valence-corrected chi connectivity index (χ3v) is 4.04. The van der Waals surface area contributed by atoms with E-state index >= 15 is 0 Å². The first-order chi connectivity index (χ1) is 7.98. The van der Waals surface area contributed by atoms with Gasteiger partial charge in [0, 0.05) is 32.4 Å². The van der Waals surface area contributed by atoms with Crippen molar-refractivity contribution in [1.82, 2.24) is 19.4 Å². The maximum absolute atomic E-state index is 11.9. The van der Waals surface area contributed by atoms with Crippen molar-refractivity contribution in [3.63, 3.8) is 0 Å². The SMILES string of the molecule is CS(=O)(=O)N1CCN(C(=O)c2cn[nH]c2)CC1. The lowest BCUT2D eigenvalue weighted by Crippen LogP contribution is -2.50. The van der Waals surface area contributed by atoms with Crippen molar-refractivity contribution in [2.75, 3.05) is 32.4 Å². The van der Waals surface area contributed by atoms with E-state index in [2.05, 4.69) is 10.2 Å². The number of nitrogens with zero attached hydrogens (tertiary/aromatic N) is 3. The highest BCUT2D eigenvalue weighted by Gasteiger charge is 2.26. The van der Waals surface area contributed by atoms with Gasteiger partial charge in [-0.2, -0.15) is 9.40 Å². The summed E-state index contributed by atoms with van der Waals surface area (Å²) in [5.74, 6) is -0.119. The minimum absolute atomic E-state index is 0.119. The molecule has 1 aromatic rings. The molecule has 1 N–H and O–H groups in total. The average molecular weight is 258 g/mol. The number of piperazine rings is 1. The number of amides is 1. The molecular formula is C9H14N4O3S. The van der Waals surface area contributed by atoms with E-state index in [1.54, 1.807) is 4.90 Å². The van der Waals surface area contributed by atoms with Gasteiger partial charge in [-0.25, -0.2) is 8.42 Å². The fraction of sp³-hybridized carbons (Fsp3) is 0.556. The Morgan fingerprint density at radius 1 is 1.35 bits per heavy atom. The van der Waals surface area contributed by atoms with E-state index in [4.69, 9.17) is 0 Å². The van der Waals surface area contributed by atoms with Crippen molar-refractivity contribution < 1.29 is 13.2 Å². The Hall–Kier alpha value is -1.41. The molecule has 0 radical (unpaired) electrons. The van der Waals surface area contributed by atoms with Gasteiger partial charge >= 0.3 is 0 Å². The highest BCUT2D eigenvalue weighted by atomic mass is 32.2. The van der Waals surface area contributed by atoms with Crippen LogP contribution in [0.1, 0.15) is 10.4 Å². The van der Waals surface area contributed by atoms with Gasteiger partial charge in [-0.15, -0.1) is 0 Å². The summed E-state index contributed by atoms with van der Waals surface area (Å²) < 4.78 is 24.0. The third kappa shape index (κ3) is 2.64. The molecule has 1 aromatic heterocycles. The van der Waals surface area contributed by atoms with Crippen LogP contribution in [0.3, 0.4) is 0 Å². The lowest BCUT2D eigenvalue weighted by Gasteiger charge is -2.32. The molecule has 1 fully saturated rings. The molecule has 2 rings (SSSR count). The summed E-state index contributed by atoms with van der Waals surface area (Å²) in [6.45, 7) is 1.53. The van der Waals surface area contributed by atoms with Crippen molar-refractivity contribution in [3.05, 3.63) is 18.0 Å². The molecule has 0 bridgehead atoms. The molecule has 1 saturated heterocycles. The summed E-state index contributed by atoms with van der Waals surface area (Å²) in [6.07, 6.45) is 4.18. The van der Waals surface area contributed by atoms with Gasteiger partial charge < -0.3 is 4.90 Å². The summed E-state index contributed by atoms with van der Waals surface area (Å²) in [7, 11) is -3.15. The monoisotopic (exact) mass is 258 g/mol. The Kier molecular flexibility index (Phi) is 3.16. The molecule has 1 aliphatic rings. The normalized spacial score (nSPS) is 18.3. The van der Waals surface area contributed by atoms with Gasteiger partial charge in [0.15, 0.2) is 0 Å². The van der Waals surface area contributed by atoms with Crippen molar-refractivity contribution in [3.8, 4) is 0 Å². The highest BCUT2D eigenvalue weighted by molar-refractivity contribution is 7.88. The van der Waals surface area contributed by atoms with Crippen LogP contribution in [-0.4, -0.2) is 66.2 Å². The average Bonchev–Trinajstić information content (AvgIpc) is 2.80. The van der Waals surface area contributed by atoms with Gasteiger partial charge in [-0.1, -0.05) is 0 Å². The van der Waals surface area contributed by atoms with Gasteiger partial charge in [-0.3, -0.25) is 9.89 Å². The van der Waals surface area contributed by atoms with E-state index < -0.39 is 10.0 Å². The van der Waals surface area contributed by atoms with Crippen LogP contribution in [0.4, 0.5) is 0 Å². The van der Waals surface area contributed by atoms with Crippen LogP contribution < -0.4 is 0 Å². The van der Waals surface area contributed by atoms with Crippen LogP contribution >= 0.6 is 0 Å². The second-order valence-corrected chi connectivity index (χ2v) is 5.92. The maximum Gasteiger partial charge on any atom is 0.257 e. The Morgan fingerprint density at radius 2 is 2.00 bits per heavy atom. The number of H-pyrrole nitrogens is 1. The zero-order chi connectivity index (χ0) is 12.5. The minimum atomic E-state index is -3.15. The Labute approximate surface area is 99.5 Å². The molecule has 94 valence electrons. The number of hydrogen-bond donors (Lipinski definition) is 1. The standard InChI is InChI=1S/C9H14N4O3S/c1-17(15,16)13-4-2-12(3-5-13)9(14)8-6-10-11-7-8/h6-7H,2-5H2,1H3,(H,10,11). The predicted octanol–water partition coefficient (Wildman–Crippen LogP) is -0.873. The van der Waals surface area contributed by atoms with Crippen molar-refractivity contribution in [1.29, 1.82) is 0 Å². The fourth-order valence-corrected chi connectivity index (χ4v) is 2.60. The Bertz CT molecular complexity index is 488. The summed E-state index contributed by atoms with van der Waals surface area (Å²) in [5, 5.41) is 6.29. The van der Waals surface area contributed by atoms with E-state index in [1.807, 2.05) is 0 Å². The largest absolute Gasteiger partial charge is 0.336 e. The molecule has 0 unspecified atom stereocenters. The molecular weight excluding hydrogens is 244 g/mol. The summed E-state index contributed by atoms with van der Waals surface area (Å²) in [5.41, 5.74) is 0.498. The first-order valence-corrected chi connectivity index (χ1v) is 7.06. The minimum Gasteiger partial charge on any atom is -0.336 e. The molecule has 8 heteroatoms. The number of hydrogen-bond acceptors (Lipinski definition) is 4. The van der Waals surface area contributed by atoms with Crippen LogP contribution in [0.15, 0.2) is 12.4 Å². The molecule has 2 heterocycles. The third-order valence-electron chi connectivity index (χ3n) is 2.74. The predicted molar refractivity (Wildman–Crippen MR) is 60.9 cm³/mol. The number of aromatic nitrogens is 2. The molecule has 1 aliphatic heterocycles. The first kappa shape index (κ1) is 12.1. The smallest absolute Gasteiger partial charge is 0.257 e. The molecule has 0 aliphatic carbocycles. The molecule has 0 atom stereocenters. The lowest BCUT2D eigenvalue weighted by atomic mass is 10.2. The van der Waals surface area contributed by atoms with Gasteiger partial charge in [0.1, 0.15) is 0 Å². The summed E-state index contributed by atoms with van der Waals surface area (Å²) in [6, 6.07) is 0. The topological polar surface area (TPSA) is 86.4 Å². The number of carbonyl (C=O) groups is 1. The second kappa shape index (κ2) is 4.46. The van der Waals surface area contributed by atoms with Crippen LogP contribution in [0, 0.1) is 0 Å². The van der Waals surface area contributed by atoms with Gasteiger partial charge in [0.05, 0.1) is 18.0 Å². The van der Waals surface area contributed by atoms with Crippen LogP contribution in [0.2, 0.25) is 0 Å².